The molecule has 1 aromatic carbocycles. The third kappa shape index (κ3) is 4.34. The molecular formula is C14H19ClN2O4S. The quantitative estimate of drug-likeness (QED) is 0.892. The summed E-state index contributed by atoms with van der Waals surface area (Å²) in [7, 11) is -3.45. The Morgan fingerprint density at radius 3 is 2.86 bits per heavy atom. The van der Waals surface area contributed by atoms with Crippen molar-refractivity contribution < 1.29 is 17.9 Å². The first kappa shape index (κ1) is 17.1. The number of sulfone groups is 1. The van der Waals surface area contributed by atoms with Crippen LogP contribution in [0.2, 0.25) is 5.02 Å². The molecule has 0 spiro atoms. The Bertz CT molecular complexity index is 663. The Morgan fingerprint density at radius 2 is 2.18 bits per heavy atom. The molecule has 1 aliphatic rings. The largest absolute Gasteiger partial charge is 0.377 e. The monoisotopic (exact) mass is 346 g/mol. The molecule has 6 nitrogen and oxygen atoms in total. The molecule has 8 heteroatoms. The number of rotatable bonds is 2. The van der Waals surface area contributed by atoms with Gasteiger partial charge in [-0.05, 0) is 31.5 Å². The van der Waals surface area contributed by atoms with Crippen LogP contribution in [0, 0.1) is 0 Å². The molecule has 1 aliphatic heterocycles. The number of nitrogens with zero attached hydrogens (tertiary/aromatic N) is 1. The molecule has 1 fully saturated rings. The van der Waals surface area contributed by atoms with Crippen LogP contribution in [-0.2, 0) is 14.6 Å². The van der Waals surface area contributed by atoms with E-state index in [4.69, 9.17) is 16.3 Å². The zero-order valence-corrected chi connectivity index (χ0v) is 14.1. The van der Waals surface area contributed by atoms with Crippen LogP contribution < -0.4 is 5.32 Å². The van der Waals surface area contributed by atoms with E-state index in [-0.39, 0.29) is 22.1 Å². The molecule has 0 aliphatic carbocycles. The highest BCUT2D eigenvalue weighted by atomic mass is 35.5. The summed E-state index contributed by atoms with van der Waals surface area (Å²) in [6, 6.07) is 4.13. The van der Waals surface area contributed by atoms with Crippen LogP contribution in [0.1, 0.15) is 13.3 Å². The van der Waals surface area contributed by atoms with Crippen LogP contribution in [0.4, 0.5) is 10.5 Å². The second kappa shape index (κ2) is 6.85. The number of nitrogens with one attached hydrogen (secondary N) is 1. The molecule has 0 radical (unpaired) electrons. The van der Waals surface area contributed by atoms with Gasteiger partial charge in [-0.15, -0.1) is 0 Å². The molecule has 1 N–H and O–H groups in total. The van der Waals surface area contributed by atoms with Gasteiger partial charge in [-0.2, -0.15) is 0 Å². The third-order valence-electron chi connectivity index (χ3n) is 3.32. The second-order valence-electron chi connectivity index (χ2n) is 5.33. The van der Waals surface area contributed by atoms with Crippen molar-refractivity contribution in [3.8, 4) is 0 Å². The van der Waals surface area contributed by atoms with Crippen LogP contribution >= 0.6 is 11.6 Å². The predicted molar refractivity (Wildman–Crippen MR) is 85.2 cm³/mol. The molecule has 122 valence electrons. The molecule has 0 bridgehead atoms. The van der Waals surface area contributed by atoms with Crippen LogP contribution in [0.3, 0.4) is 0 Å². The van der Waals surface area contributed by atoms with Gasteiger partial charge in [0.15, 0.2) is 9.84 Å². The maximum Gasteiger partial charge on any atom is 0.321 e. The summed E-state index contributed by atoms with van der Waals surface area (Å²) in [5, 5.41) is 2.84. The van der Waals surface area contributed by atoms with E-state index >= 15 is 0 Å². The number of hydrogen-bond acceptors (Lipinski definition) is 4. The zero-order chi connectivity index (χ0) is 16.3. The Labute approximate surface area is 135 Å². The summed E-state index contributed by atoms with van der Waals surface area (Å²) in [6.45, 7) is 3.64. The molecular weight excluding hydrogens is 328 g/mol. The molecule has 22 heavy (non-hydrogen) atoms. The first-order valence-corrected chi connectivity index (χ1v) is 9.21. The number of ether oxygens (including phenoxy) is 1. The van der Waals surface area contributed by atoms with Gasteiger partial charge in [0.1, 0.15) is 0 Å². The molecule has 1 saturated heterocycles. The van der Waals surface area contributed by atoms with E-state index in [9.17, 15) is 13.2 Å². The molecule has 1 atom stereocenters. The van der Waals surface area contributed by atoms with E-state index in [2.05, 4.69) is 5.32 Å². The van der Waals surface area contributed by atoms with E-state index in [1.807, 2.05) is 6.92 Å². The Kier molecular flexibility index (Phi) is 5.31. The van der Waals surface area contributed by atoms with E-state index in [0.717, 1.165) is 12.7 Å². The zero-order valence-electron chi connectivity index (χ0n) is 12.5. The molecule has 2 amide bonds. The Morgan fingerprint density at radius 1 is 1.45 bits per heavy atom. The number of hydrogen-bond donors (Lipinski definition) is 1. The van der Waals surface area contributed by atoms with Crippen molar-refractivity contribution in [3.63, 3.8) is 0 Å². The topological polar surface area (TPSA) is 75.7 Å². The van der Waals surface area contributed by atoms with Crippen LogP contribution in [-0.4, -0.2) is 51.4 Å². The van der Waals surface area contributed by atoms with E-state index in [0.29, 0.717) is 25.4 Å². The Hall–Kier alpha value is -1.31. The lowest BCUT2D eigenvalue weighted by atomic mass is 10.3. The highest BCUT2D eigenvalue weighted by molar-refractivity contribution is 7.90. The minimum absolute atomic E-state index is 0.000431. The lowest BCUT2D eigenvalue weighted by Crippen LogP contribution is -2.38. The first-order chi connectivity index (χ1) is 10.3. The SMILES string of the molecule is CC1CN(C(=O)Nc2ccc(Cl)c(S(C)(=O)=O)c2)CCCO1. The standard InChI is InChI=1S/C14H19ClN2O4S/c1-10-9-17(6-3-7-21-10)14(18)16-11-4-5-12(15)13(8-11)22(2,19)20/h4-5,8,10H,3,6-7,9H2,1-2H3,(H,16,18). The summed E-state index contributed by atoms with van der Waals surface area (Å²) >= 11 is 5.89. The first-order valence-electron chi connectivity index (χ1n) is 6.94. The third-order valence-corrected chi connectivity index (χ3v) is 4.90. The van der Waals surface area contributed by atoms with Gasteiger partial charge in [-0.1, -0.05) is 11.6 Å². The fraction of sp³-hybridized carbons (Fsp3) is 0.500. The van der Waals surface area contributed by atoms with Crippen molar-refractivity contribution in [1.29, 1.82) is 0 Å². The number of amides is 2. The van der Waals surface area contributed by atoms with Crippen LogP contribution in [0.15, 0.2) is 23.1 Å². The van der Waals surface area contributed by atoms with Crippen molar-refractivity contribution in [2.24, 2.45) is 0 Å². The van der Waals surface area contributed by atoms with Gasteiger partial charge in [0.05, 0.1) is 16.0 Å². The van der Waals surface area contributed by atoms with E-state index in [1.165, 1.54) is 12.1 Å². The van der Waals surface area contributed by atoms with Crippen LogP contribution in [0.5, 0.6) is 0 Å². The minimum atomic E-state index is -3.45. The van der Waals surface area contributed by atoms with Gasteiger partial charge in [-0.3, -0.25) is 0 Å². The number of urea groups is 1. The van der Waals surface area contributed by atoms with Gasteiger partial charge in [0, 0.05) is 31.6 Å². The number of carbonyl (C=O) groups excluding carboxylic acids is 1. The average molecular weight is 347 g/mol. The van der Waals surface area contributed by atoms with Crippen molar-refractivity contribution in [2.45, 2.75) is 24.3 Å². The summed E-state index contributed by atoms with van der Waals surface area (Å²) in [4.78, 5) is 13.9. The number of anilines is 1. The predicted octanol–water partition coefficient (Wildman–Crippen LogP) is 2.39. The Balaban J connectivity index is 2.15. The number of carbonyl (C=O) groups is 1. The van der Waals surface area contributed by atoms with Gasteiger partial charge >= 0.3 is 6.03 Å². The average Bonchev–Trinajstić information content (AvgIpc) is 2.64. The van der Waals surface area contributed by atoms with Crippen molar-refractivity contribution in [3.05, 3.63) is 23.2 Å². The van der Waals surface area contributed by atoms with Crippen LogP contribution in [0.25, 0.3) is 0 Å². The number of benzene rings is 1. The van der Waals surface area contributed by atoms with Gasteiger partial charge in [0.2, 0.25) is 0 Å². The van der Waals surface area contributed by atoms with Gasteiger partial charge in [-0.25, -0.2) is 13.2 Å². The molecule has 0 aromatic heterocycles. The van der Waals surface area contributed by atoms with Crippen molar-refractivity contribution in [1.82, 2.24) is 4.90 Å². The number of halogens is 1. The fourth-order valence-electron chi connectivity index (χ4n) is 2.25. The molecule has 0 saturated carbocycles. The summed E-state index contributed by atoms with van der Waals surface area (Å²) in [5.41, 5.74) is 0.396. The maximum atomic E-state index is 12.3. The van der Waals surface area contributed by atoms with E-state index < -0.39 is 9.84 Å². The van der Waals surface area contributed by atoms with Crippen molar-refractivity contribution >= 4 is 33.2 Å². The van der Waals surface area contributed by atoms with Gasteiger partial charge in [0.25, 0.3) is 0 Å². The fourth-order valence-corrected chi connectivity index (χ4v) is 3.55. The normalized spacial score (nSPS) is 19.6. The highest BCUT2D eigenvalue weighted by Crippen LogP contribution is 2.25. The smallest absolute Gasteiger partial charge is 0.321 e. The maximum absolute atomic E-state index is 12.3. The lowest BCUT2D eigenvalue weighted by molar-refractivity contribution is 0.0718. The summed E-state index contributed by atoms with van der Waals surface area (Å²) < 4.78 is 28.8. The van der Waals surface area contributed by atoms with Crippen molar-refractivity contribution in [2.75, 3.05) is 31.3 Å². The second-order valence-corrected chi connectivity index (χ2v) is 7.72. The summed E-state index contributed by atoms with van der Waals surface area (Å²) in [6.07, 6.45) is 1.82. The van der Waals surface area contributed by atoms with Gasteiger partial charge < -0.3 is 15.0 Å². The minimum Gasteiger partial charge on any atom is -0.377 e. The molecule has 2 rings (SSSR count). The summed E-state index contributed by atoms with van der Waals surface area (Å²) in [5.74, 6) is 0. The lowest BCUT2D eigenvalue weighted by Gasteiger charge is -2.22. The van der Waals surface area contributed by atoms with E-state index in [1.54, 1.807) is 11.0 Å². The molecule has 1 aromatic rings. The molecule has 1 heterocycles. The highest BCUT2D eigenvalue weighted by Gasteiger charge is 2.20. The molecule has 1 unspecified atom stereocenters.